The fourth-order valence-corrected chi connectivity index (χ4v) is 3.14. The van der Waals surface area contributed by atoms with E-state index < -0.39 is 0 Å². The number of aromatic amines is 1. The third-order valence-corrected chi connectivity index (χ3v) is 5.41. The number of fused-ring (bicyclic) bond motifs is 1. The zero-order valence-electron chi connectivity index (χ0n) is 13.8. The summed E-state index contributed by atoms with van der Waals surface area (Å²) >= 11 is 0. The van der Waals surface area contributed by atoms with E-state index in [0.29, 0.717) is 10.9 Å². The average molecular weight is 315 g/mol. The molecule has 0 bridgehead atoms. The fourth-order valence-electron chi connectivity index (χ4n) is 3.14. The Hall–Kier alpha value is -2.21. The van der Waals surface area contributed by atoms with Gasteiger partial charge < -0.3 is 15.0 Å². The van der Waals surface area contributed by atoms with Crippen LogP contribution in [0, 0.1) is 5.41 Å². The zero-order chi connectivity index (χ0) is 16.8. The number of nitrogens with zero attached hydrogens (tertiary/aromatic N) is 1. The van der Waals surface area contributed by atoms with Crippen LogP contribution in [-0.4, -0.2) is 34.6 Å². The Morgan fingerprint density at radius 1 is 1.35 bits per heavy atom. The average Bonchev–Trinajstić information content (AvgIpc) is 2.54. The lowest BCUT2D eigenvalue weighted by Gasteiger charge is -2.59. The number of carbonyl (C=O) groups is 1. The van der Waals surface area contributed by atoms with E-state index in [1.807, 2.05) is 6.92 Å². The Morgan fingerprint density at radius 3 is 2.70 bits per heavy atom. The minimum atomic E-state index is -0.371. The summed E-state index contributed by atoms with van der Waals surface area (Å²) in [7, 11) is 1.68. The molecule has 1 saturated carbocycles. The van der Waals surface area contributed by atoms with Crippen molar-refractivity contribution in [3.63, 3.8) is 0 Å². The first-order valence-electron chi connectivity index (χ1n) is 7.63. The summed E-state index contributed by atoms with van der Waals surface area (Å²) in [6.07, 6.45) is 0.722. The molecule has 1 fully saturated rings. The highest BCUT2D eigenvalue weighted by atomic mass is 16.5. The molecule has 3 rings (SSSR count). The van der Waals surface area contributed by atoms with Gasteiger partial charge in [0, 0.05) is 18.6 Å². The van der Waals surface area contributed by atoms with E-state index in [4.69, 9.17) is 4.74 Å². The molecule has 2 N–H and O–H groups in total. The lowest BCUT2D eigenvalue weighted by molar-refractivity contribution is -0.177. The minimum absolute atomic E-state index is 0.0308. The Balaban J connectivity index is 1.84. The van der Waals surface area contributed by atoms with Gasteiger partial charge in [-0.05, 0) is 25.5 Å². The summed E-state index contributed by atoms with van der Waals surface area (Å²) in [6.45, 7) is 6.15. The summed E-state index contributed by atoms with van der Waals surface area (Å²) in [4.78, 5) is 31.3. The van der Waals surface area contributed by atoms with E-state index in [1.165, 1.54) is 0 Å². The van der Waals surface area contributed by atoms with Gasteiger partial charge in [-0.25, -0.2) is 4.98 Å². The minimum Gasteiger partial charge on any atom is -0.378 e. The number of rotatable bonds is 3. The molecule has 1 heterocycles. The summed E-state index contributed by atoms with van der Waals surface area (Å²) in [5.41, 5.74) is -0.268. The van der Waals surface area contributed by atoms with Crippen LogP contribution < -0.4 is 10.9 Å². The van der Waals surface area contributed by atoms with Crippen molar-refractivity contribution in [3.05, 3.63) is 40.4 Å². The van der Waals surface area contributed by atoms with Crippen LogP contribution in [-0.2, 0) is 4.74 Å². The van der Waals surface area contributed by atoms with Gasteiger partial charge in [-0.3, -0.25) is 9.59 Å². The van der Waals surface area contributed by atoms with Crippen molar-refractivity contribution in [2.45, 2.75) is 38.8 Å². The smallest absolute Gasteiger partial charge is 0.287 e. The first-order chi connectivity index (χ1) is 10.8. The lowest BCUT2D eigenvalue weighted by atomic mass is 9.56. The Bertz CT molecular complexity index is 827. The van der Waals surface area contributed by atoms with E-state index in [9.17, 15) is 9.59 Å². The van der Waals surface area contributed by atoms with E-state index in [2.05, 4.69) is 29.1 Å². The number of hydrogen-bond acceptors (Lipinski definition) is 4. The SMILES string of the molecule is CO[C@@]1(C)C[C@@H](NC(=O)c2nc3ccccc3c(=O)[nH]2)C1(C)C. The van der Waals surface area contributed by atoms with Gasteiger partial charge in [-0.15, -0.1) is 0 Å². The van der Waals surface area contributed by atoms with Crippen molar-refractivity contribution in [2.24, 2.45) is 5.41 Å². The molecule has 0 spiro atoms. The topological polar surface area (TPSA) is 84.1 Å². The van der Waals surface area contributed by atoms with Gasteiger partial charge in [0.15, 0.2) is 5.82 Å². The molecule has 1 amide bonds. The molecule has 1 aromatic carbocycles. The number of para-hydroxylation sites is 1. The standard InChI is InChI=1S/C17H21N3O3/c1-16(2)12(9-17(16,3)23-4)19-15(22)13-18-11-8-6-5-7-10(11)14(21)20-13/h5-8,12H,9H2,1-4H3,(H,19,22)(H,18,20,21)/t12-,17+/m1/s1. The predicted octanol–water partition coefficient (Wildman–Crippen LogP) is 1.86. The van der Waals surface area contributed by atoms with Gasteiger partial charge >= 0.3 is 0 Å². The molecule has 1 aromatic heterocycles. The normalized spacial score (nSPS) is 25.8. The zero-order valence-corrected chi connectivity index (χ0v) is 13.8. The van der Waals surface area contributed by atoms with Crippen LogP contribution in [0.25, 0.3) is 10.9 Å². The van der Waals surface area contributed by atoms with Crippen molar-refractivity contribution in [1.82, 2.24) is 15.3 Å². The van der Waals surface area contributed by atoms with Gasteiger partial charge in [0.25, 0.3) is 11.5 Å². The quantitative estimate of drug-likeness (QED) is 0.905. The van der Waals surface area contributed by atoms with Crippen molar-refractivity contribution >= 4 is 16.8 Å². The van der Waals surface area contributed by atoms with Crippen LogP contribution >= 0.6 is 0 Å². The number of nitrogens with one attached hydrogen (secondary N) is 2. The highest BCUT2D eigenvalue weighted by molar-refractivity contribution is 5.92. The third kappa shape index (κ3) is 2.34. The number of carbonyl (C=O) groups excluding carboxylic acids is 1. The number of H-pyrrole nitrogens is 1. The number of aromatic nitrogens is 2. The van der Waals surface area contributed by atoms with Crippen molar-refractivity contribution in [2.75, 3.05) is 7.11 Å². The van der Waals surface area contributed by atoms with E-state index in [0.717, 1.165) is 6.42 Å². The molecule has 1 aliphatic rings. The Labute approximate surface area is 134 Å². The molecular formula is C17H21N3O3. The summed E-state index contributed by atoms with van der Waals surface area (Å²) < 4.78 is 5.56. The first kappa shape index (κ1) is 15.7. The van der Waals surface area contributed by atoms with Gasteiger partial charge in [0.2, 0.25) is 0 Å². The molecular weight excluding hydrogens is 294 g/mol. The second kappa shape index (κ2) is 5.16. The number of amides is 1. The van der Waals surface area contributed by atoms with E-state index >= 15 is 0 Å². The molecule has 0 aliphatic heterocycles. The summed E-state index contributed by atoms with van der Waals surface area (Å²) in [5, 5.41) is 3.42. The molecule has 2 atom stereocenters. The maximum atomic E-state index is 12.4. The van der Waals surface area contributed by atoms with E-state index in [-0.39, 0.29) is 34.3 Å². The van der Waals surface area contributed by atoms with Crippen LogP contribution in [0.4, 0.5) is 0 Å². The van der Waals surface area contributed by atoms with Crippen LogP contribution in [0.5, 0.6) is 0 Å². The molecule has 2 aromatic rings. The van der Waals surface area contributed by atoms with Crippen LogP contribution in [0.2, 0.25) is 0 Å². The molecule has 23 heavy (non-hydrogen) atoms. The highest BCUT2D eigenvalue weighted by Crippen LogP contribution is 2.51. The molecule has 0 saturated heterocycles. The molecule has 6 heteroatoms. The monoisotopic (exact) mass is 315 g/mol. The lowest BCUT2D eigenvalue weighted by Crippen LogP contribution is -2.68. The maximum absolute atomic E-state index is 12.4. The number of ether oxygens (including phenoxy) is 1. The van der Waals surface area contributed by atoms with Gasteiger partial charge in [-0.2, -0.15) is 0 Å². The summed E-state index contributed by atoms with van der Waals surface area (Å²) in [6, 6.07) is 6.92. The van der Waals surface area contributed by atoms with Gasteiger partial charge in [-0.1, -0.05) is 26.0 Å². The highest BCUT2D eigenvalue weighted by Gasteiger charge is 2.58. The fraction of sp³-hybridized carbons (Fsp3) is 0.471. The van der Waals surface area contributed by atoms with E-state index in [1.54, 1.807) is 31.4 Å². The van der Waals surface area contributed by atoms with Crippen LogP contribution in [0.15, 0.2) is 29.1 Å². The third-order valence-electron chi connectivity index (χ3n) is 5.41. The number of benzene rings is 1. The predicted molar refractivity (Wildman–Crippen MR) is 87.4 cm³/mol. The molecule has 0 radical (unpaired) electrons. The van der Waals surface area contributed by atoms with Crippen LogP contribution in [0.1, 0.15) is 37.8 Å². The van der Waals surface area contributed by atoms with Crippen molar-refractivity contribution in [1.29, 1.82) is 0 Å². The summed E-state index contributed by atoms with van der Waals surface area (Å²) in [5.74, 6) is -0.334. The number of methoxy groups -OCH3 is 1. The second-order valence-electron chi connectivity index (χ2n) is 6.82. The maximum Gasteiger partial charge on any atom is 0.287 e. The molecule has 1 aliphatic carbocycles. The molecule has 0 unspecified atom stereocenters. The van der Waals surface area contributed by atoms with Crippen molar-refractivity contribution in [3.8, 4) is 0 Å². The first-order valence-corrected chi connectivity index (χ1v) is 7.63. The largest absolute Gasteiger partial charge is 0.378 e. The van der Waals surface area contributed by atoms with Gasteiger partial charge in [0.05, 0.1) is 16.5 Å². The Kier molecular flexibility index (Phi) is 3.52. The molecule has 122 valence electrons. The second-order valence-corrected chi connectivity index (χ2v) is 6.82. The Morgan fingerprint density at radius 2 is 2.04 bits per heavy atom. The van der Waals surface area contributed by atoms with Gasteiger partial charge in [0.1, 0.15) is 0 Å². The molecule has 6 nitrogen and oxygen atoms in total. The number of hydrogen-bond donors (Lipinski definition) is 2. The van der Waals surface area contributed by atoms with Crippen LogP contribution in [0.3, 0.4) is 0 Å². The van der Waals surface area contributed by atoms with Crippen molar-refractivity contribution < 1.29 is 9.53 Å².